The minimum absolute atomic E-state index is 0.0998. The number of piperidine rings is 1. The first-order chi connectivity index (χ1) is 13.6. The minimum Gasteiger partial charge on any atom is -0.344 e. The van der Waals surface area contributed by atoms with Crippen molar-refractivity contribution in [2.45, 2.75) is 31.8 Å². The highest BCUT2D eigenvalue weighted by atomic mass is 16.2. The smallest absolute Gasteiger partial charge is 0.239 e. The van der Waals surface area contributed by atoms with E-state index < -0.39 is 0 Å². The first-order valence-electron chi connectivity index (χ1n) is 9.84. The Kier molecular flexibility index (Phi) is 4.12. The largest absolute Gasteiger partial charge is 0.344 e. The number of nitrogens with zero attached hydrogens (tertiary/aromatic N) is 5. The molecule has 4 heterocycles. The normalized spacial score (nSPS) is 24.7. The van der Waals surface area contributed by atoms with E-state index >= 15 is 0 Å². The number of aromatic nitrogens is 4. The lowest BCUT2D eigenvalue weighted by Crippen LogP contribution is -2.53. The fraction of sp³-hybridized carbons (Fsp3) is 0.429. The quantitative estimate of drug-likeness (QED) is 0.753. The summed E-state index contributed by atoms with van der Waals surface area (Å²) in [5, 5.41) is 3.37. The zero-order valence-corrected chi connectivity index (χ0v) is 16.2. The second-order valence-corrected chi connectivity index (χ2v) is 7.88. The van der Waals surface area contributed by atoms with Gasteiger partial charge in [-0.2, -0.15) is 0 Å². The first kappa shape index (κ1) is 17.3. The Morgan fingerprint density at radius 2 is 2.04 bits per heavy atom. The van der Waals surface area contributed by atoms with Gasteiger partial charge in [0.25, 0.3) is 0 Å². The average molecular weight is 376 g/mol. The number of amides is 1. The van der Waals surface area contributed by atoms with Crippen molar-refractivity contribution in [3.05, 3.63) is 53.6 Å². The summed E-state index contributed by atoms with van der Waals surface area (Å²) in [5.41, 5.74) is 3.67. The molecule has 1 amide bonds. The molecule has 2 fully saturated rings. The van der Waals surface area contributed by atoms with Gasteiger partial charge in [0.15, 0.2) is 11.3 Å². The maximum atomic E-state index is 12.5. The maximum absolute atomic E-state index is 12.5. The van der Waals surface area contributed by atoms with Crippen LogP contribution in [-0.2, 0) is 11.3 Å². The van der Waals surface area contributed by atoms with Crippen molar-refractivity contribution in [2.24, 2.45) is 5.92 Å². The van der Waals surface area contributed by atoms with Gasteiger partial charge in [0.2, 0.25) is 5.91 Å². The van der Waals surface area contributed by atoms with Crippen LogP contribution in [0, 0.1) is 12.8 Å². The Morgan fingerprint density at radius 3 is 2.86 bits per heavy atom. The predicted octanol–water partition coefficient (Wildman–Crippen LogP) is 1.72. The molecule has 144 valence electrons. The van der Waals surface area contributed by atoms with Gasteiger partial charge in [0.1, 0.15) is 5.82 Å². The molecule has 0 saturated carbocycles. The molecule has 1 N–H and O–H groups in total. The van der Waals surface area contributed by atoms with E-state index in [1.807, 2.05) is 43.3 Å². The number of hydrogen-bond donors (Lipinski definition) is 1. The molecule has 5 rings (SSSR count). The van der Waals surface area contributed by atoms with Crippen molar-refractivity contribution >= 4 is 17.2 Å². The number of aryl methyl sites for hydroxylation is 1. The minimum atomic E-state index is -0.0998. The molecular formula is C21H24N6O. The number of hydrogen-bond acceptors (Lipinski definition) is 5. The summed E-state index contributed by atoms with van der Waals surface area (Å²) >= 11 is 0. The number of likely N-dealkylation sites (N-methyl/N-ethyl adjacent to an activating group) is 1. The number of benzene rings is 1. The Balaban J connectivity index is 1.54. The SMILES string of the molecule is Cc1nc2ncc(C3CN(C)C(=O)C4NCCC43)nc2n1Cc1ccccc1. The van der Waals surface area contributed by atoms with Gasteiger partial charge in [0.05, 0.1) is 24.5 Å². The molecule has 28 heavy (non-hydrogen) atoms. The van der Waals surface area contributed by atoms with Crippen LogP contribution in [0.4, 0.5) is 0 Å². The van der Waals surface area contributed by atoms with Gasteiger partial charge in [-0.1, -0.05) is 30.3 Å². The fourth-order valence-corrected chi connectivity index (χ4v) is 4.65. The summed E-state index contributed by atoms with van der Waals surface area (Å²) in [5.74, 6) is 1.58. The molecule has 7 nitrogen and oxygen atoms in total. The van der Waals surface area contributed by atoms with Gasteiger partial charge < -0.3 is 14.8 Å². The molecule has 7 heteroatoms. The topological polar surface area (TPSA) is 75.9 Å². The first-order valence-corrected chi connectivity index (χ1v) is 9.84. The summed E-state index contributed by atoms with van der Waals surface area (Å²) in [6.07, 6.45) is 2.85. The van der Waals surface area contributed by atoms with E-state index in [2.05, 4.69) is 32.0 Å². The fourth-order valence-electron chi connectivity index (χ4n) is 4.65. The molecule has 1 aromatic carbocycles. The van der Waals surface area contributed by atoms with E-state index in [9.17, 15) is 4.79 Å². The third kappa shape index (κ3) is 2.77. The highest BCUT2D eigenvalue weighted by Crippen LogP contribution is 2.37. The summed E-state index contributed by atoms with van der Waals surface area (Å²) in [7, 11) is 1.88. The lowest BCUT2D eigenvalue weighted by Gasteiger charge is -2.37. The van der Waals surface area contributed by atoms with Crippen LogP contribution in [0.2, 0.25) is 0 Å². The molecule has 2 saturated heterocycles. The Labute approximate surface area is 163 Å². The second kappa shape index (κ2) is 6.67. The highest BCUT2D eigenvalue weighted by Gasteiger charge is 2.45. The predicted molar refractivity (Wildman–Crippen MR) is 106 cm³/mol. The van der Waals surface area contributed by atoms with E-state index in [0.717, 1.165) is 36.7 Å². The van der Waals surface area contributed by atoms with Gasteiger partial charge >= 0.3 is 0 Å². The van der Waals surface area contributed by atoms with Crippen molar-refractivity contribution in [1.29, 1.82) is 0 Å². The molecule has 3 unspecified atom stereocenters. The average Bonchev–Trinajstić information content (AvgIpc) is 3.31. The van der Waals surface area contributed by atoms with Crippen LogP contribution in [-0.4, -0.2) is 56.5 Å². The van der Waals surface area contributed by atoms with E-state index in [1.54, 1.807) is 0 Å². The van der Waals surface area contributed by atoms with Crippen LogP contribution < -0.4 is 5.32 Å². The molecule has 0 radical (unpaired) electrons. The standard InChI is InChI=1S/C21H24N6O/c1-13-24-19-20(27(13)11-14-6-4-3-5-7-14)25-17(10-23-19)16-12-26(2)21(28)18-15(16)8-9-22-18/h3-7,10,15-16,18,22H,8-9,11-12H2,1-2H3. The summed E-state index contributed by atoms with van der Waals surface area (Å²) < 4.78 is 2.13. The van der Waals surface area contributed by atoms with E-state index in [0.29, 0.717) is 12.2 Å². The highest BCUT2D eigenvalue weighted by molar-refractivity contribution is 5.83. The van der Waals surface area contributed by atoms with Crippen LogP contribution >= 0.6 is 0 Å². The monoisotopic (exact) mass is 376 g/mol. The van der Waals surface area contributed by atoms with E-state index in [1.165, 1.54) is 5.56 Å². The van der Waals surface area contributed by atoms with Crippen LogP contribution in [0.3, 0.4) is 0 Å². The number of likely N-dealkylation sites (tertiary alicyclic amines) is 1. The van der Waals surface area contributed by atoms with Crippen molar-refractivity contribution < 1.29 is 4.79 Å². The number of rotatable bonds is 3. The number of nitrogens with one attached hydrogen (secondary N) is 1. The van der Waals surface area contributed by atoms with E-state index in [4.69, 9.17) is 4.98 Å². The van der Waals surface area contributed by atoms with Crippen LogP contribution in [0.1, 0.15) is 29.4 Å². The molecule has 2 aliphatic rings. The van der Waals surface area contributed by atoms with E-state index in [-0.39, 0.29) is 23.8 Å². The van der Waals surface area contributed by atoms with Crippen LogP contribution in [0.5, 0.6) is 0 Å². The molecule has 2 aromatic heterocycles. The van der Waals surface area contributed by atoms with Gasteiger partial charge in [-0.05, 0) is 31.4 Å². The third-order valence-electron chi connectivity index (χ3n) is 6.13. The van der Waals surface area contributed by atoms with Crippen molar-refractivity contribution in [2.75, 3.05) is 20.1 Å². The maximum Gasteiger partial charge on any atom is 0.239 e. The molecule has 0 bridgehead atoms. The van der Waals surface area contributed by atoms with Crippen molar-refractivity contribution in [3.8, 4) is 0 Å². The Morgan fingerprint density at radius 1 is 1.21 bits per heavy atom. The zero-order valence-electron chi connectivity index (χ0n) is 16.2. The molecular weight excluding hydrogens is 352 g/mol. The van der Waals surface area contributed by atoms with Gasteiger partial charge in [-0.25, -0.2) is 15.0 Å². The van der Waals surface area contributed by atoms with Gasteiger partial charge in [-0.3, -0.25) is 4.79 Å². The summed E-state index contributed by atoms with van der Waals surface area (Å²) in [6.45, 7) is 4.29. The third-order valence-corrected chi connectivity index (χ3v) is 6.13. The van der Waals surface area contributed by atoms with Crippen molar-refractivity contribution in [3.63, 3.8) is 0 Å². The lowest BCUT2D eigenvalue weighted by molar-refractivity contribution is -0.136. The molecule has 3 aromatic rings. The second-order valence-electron chi connectivity index (χ2n) is 7.88. The van der Waals surface area contributed by atoms with Gasteiger partial charge in [0, 0.05) is 19.5 Å². The number of carbonyl (C=O) groups is 1. The molecule has 3 atom stereocenters. The van der Waals surface area contributed by atoms with Crippen LogP contribution in [0.25, 0.3) is 11.3 Å². The Bertz CT molecular complexity index is 1030. The number of imidazole rings is 1. The molecule has 0 spiro atoms. The molecule has 2 aliphatic heterocycles. The van der Waals surface area contributed by atoms with Crippen molar-refractivity contribution in [1.82, 2.24) is 29.7 Å². The Hall–Kier alpha value is -2.80. The number of fused-ring (bicyclic) bond motifs is 2. The molecule has 0 aliphatic carbocycles. The lowest BCUT2D eigenvalue weighted by atomic mass is 9.80. The summed E-state index contributed by atoms with van der Waals surface area (Å²) in [4.78, 5) is 28.5. The number of carbonyl (C=O) groups excluding carboxylic acids is 1. The zero-order chi connectivity index (χ0) is 19.3. The van der Waals surface area contributed by atoms with Crippen LogP contribution in [0.15, 0.2) is 36.5 Å². The summed E-state index contributed by atoms with van der Waals surface area (Å²) in [6, 6.07) is 10.2. The van der Waals surface area contributed by atoms with Gasteiger partial charge in [-0.15, -0.1) is 0 Å².